The highest BCUT2D eigenvalue weighted by atomic mass is 16.7. The minimum absolute atomic E-state index is 0.0310. The molecule has 4 heterocycles. The number of carbonyl (C=O) groups is 3. The van der Waals surface area contributed by atoms with E-state index in [2.05, 4.69) is 55.1 Å². The van der Waals surface area contributed by atoms with Gasteiger partial charge in [0.25, 0.3) is 0 Å². The third kappa shape index (κ3) is 16.5. The van der Waals surface area contributed by atoms with Crippen LogP contribution in [0, 0.1) is 41.4 Å². The summed E-state index contributed by atoms with van der Waals surface area (Å²) >= 11 is 0. The monoisotopic (exact) mass is 1110 g/mol. The van der Waals surface area contributed by atoms with E-state index in [9.17, 15) is 20.1 Å². The molecule has 0 amide bonds. The summed E-state index contributed by atoms with van der Waals surface area (Å²) in [7, 11) is 4.32. The molecule has 4 aliphatic rings. The lowest BCUT2D eigenvalue weighted by molar-refractivity contribution is -0.305. The number of carbonyl (C=O) groups excluding carboxylic acids is 3. The first-order valence-corrected chi connectivity index (χ1v) is 28.4. The van der Waals surface area contributed by atoms with Crippen LogP contribution in [0.3, 0.4) is 0 Å². The Hall–Kier alpha value is -3.18. The molecule has 4 aliphatic heterocycles. The van der Waals surface area contributed by atoms with Crippen LogP contribution in [0.4, 0.5) is 0 Å². The van der Waals surface area contributed by atoms with Gasteiger partial charge in [-0.1, -0.05) is 97.8 Å². The molecular formula is C59H98N2O17. The molecule has 0 bridgehead atoms. The van der Waals surface area contributed by atoms with E-state index in [4.69, 9.17) is 52.2 Å². The van der Waals surface area contributed by atoms with Gasteiger partial charge in [0.05, 0.1) is 54.7 Å². The van der Waals surface area contributed by atoms with E-state index in [0.717, 1.165) is 6.54 Å². The van der Waals surface area contributed by atoms with Gasteiger partial charge in [-0.05, 0) is 65.4 Å². The molecule has 1 aromatic carbocycles. The standard InChI is InChI=1S/C59H98N2O17/c1-31(2)24-44(62)75-50-38(9)49(33(4)29-71-57-53(69-17)52(68-16)46(63)41(12)74-57)77-55(66)40(11)51(76-45-25-34(5)61(28-36(7)72-45)30-58(13,14)42-22-20-19-21-23-42)37(8)48(32(3)27-59(15,67)54(65)39(50)10)78-56-47(64)43(60-70-18)26-35(6)73-56/h19-23,31-41,45-53,56-57,63-64,67H,24-30H2,1-18H3/t32-,33-,34?,35+,36-,37+,38-,39+,40+,41+,45-,46+,47+,48-,49+,50+,51-,52+,53+,56-,57+,59-/m0/s1. The third-order valence-corrected chi connectivity index (χ3v) is 16.6. The fraction of sp³-hybridized carbons (Fsp3) is 0.831. The molecule has 5 rings (SSSR count). The number of methoxy groups -OCH3 is 2. The first-order chi connectivity index (χ1) is 36.5. The summed E-state index contributed by atoms with van der Waals surface area (Å²) in [5, 5.41) is 39.3. The number of ether oxygens (including phenoxy) is 10. The van der Waals surface area contributed by atoms with E-state index in [-0.39, 0.29) is 49.3 Å². The van der Waals surface area contributed by atoms with Gasteiger partial charge >= 0.3 is 11.9 Å². The highest BCUT2D eigenvalue weighted by molar-refractivity contribution is 5.90. The van der Waals surface area contributed by atoms with Crippen molar-refractivity contribution in [2.75, 3.05) is 41.0 Å². The molecule has 0 saturated carbocycles. The van der Waals surface area contributed by atoms with E-state index < -0.39 is 139 Å². The molecule has 1 unspecified atom stereocenters. The first kappa shape index (κ1) is 65.6. The maximum Gasteiger partial charge on any atom is 0.311 e. The molecule has 22 atom stereocenters. The summed E-state index contributed by atoms with van der Waals surface area (Å²) in [6.07, 6.45) is -12.2. The molecule has 1 aromatic rings. The number of aliphatic hydroxyl groups excluding tert-OH is 2. The predicted octanol–water partition coefficient (Wildman–Crippen LogP) is 6.62. The van der Waals surface area contributed by atoms with Crippen LogP contribution in [-0.4, -0.2) is 182 Å². The number of ketones is 1. The van der Waals surface area contributed by atoms with E-state index in [1.54, 1.807) is 27.7 Å². The molecule has 19 heteroatoms. The fourth-order valence-corrected chi connectivity index (χ4v) is 12.3. The summed E-state index contributed by atoms with van der Waals surface area (Å²) < 4.78 is 64.1. The van der Waals surface area contributed by atoms with Crippen LogP contribution in [0.1, 0.15) is 135 Å². The Kier molecular flexibility index (Phi) is 24.1. The number of oxime groups is 1. The Morgan fingerprint density at radius 1 is 0.821 bits per heavy atom. The van der Waals surface area contributed by atoms with E-state index in [1.165, 1.54) is 33.8 Å². The number of aliphatic hydroxyl groups is 3. The van der Waals surface area contributed by atoms with Crippen molar-refractivity contribution in [2.45, 2.75) is 233 Å². The maximum atomic E-state index is 15.4. The second kappa shape index (κ2) is 28.7. The van der Waals surface area contributed by atoms with Crippen LogP contribution in [0.25, 0.3) is 0 Å². The zero-order valence-corrected chi connectivity index (χ0v) is 50.0. The topological polar surface area (TPSA) is 229 Å². The van der Waals surface area contributed by atoms with Crippen LogP contribution >= 0.6 is 0 Å². The lowest BCUT2D eigenvalue weighted by Crippen LogP contribution is -2.59. The number of rotatable bonds is 17. The number of Topliss-reactive ketones (excluding diaryl/α,β-unsaturated/α-hetero) is 1. The van der Waals surface area contributed by atoms with Crippen LogP contribution in [0.2, 0.25) is 0 Å². The molecule has 3 N–H and O–H groups in total. The van der Waals surface area contributed by atoms with Gasteiger partial charge in [-0.25, -0.2) is 0 Å². The second-order valence-corrected chi connectivity index (χ2v) is 24.6. The molecule has 4 fully saturated rings. The van der Waals surface area contributed by atoms with Gasteiger partial charge in [-0.2, -0.15) is 0 Å². The first-order valence-electron chi connectivity index (χ1n) is 28.4. The number of cyclic esters (lactones) is 1. The zero-order chi connectivity index (χ0) is 58.1. The third-order valence-electron chi connectivity index (χ3n) is 16.6. The largest absolute Gasteiger partial charge is 0.461 e. The van der Waals surface area contributed by atoms with Crippen molar-refractivity contribution in [1.29, 1.82) is 0 Å². The van der Waals surface area contributed by atoms with Crippen LogP contribution in [-0.2, 0) is 72.0 Å². The molecule has 4 saturated heterocycles. The van der Waals surface area contributed by atoms with Crippen molar-refractivity contribution in [1.82, 2.24) is 4.90 Å². The van der Waals surface area contributed by atoms with Crippen molar-refractivity contribution in [2.24, 2.45) is 46.6 Å². The number of nitrogens with zero attached hydrogens (tertiary/aromatic N) is 2. The fourth-order valence-electron chi connectivity index (χ4n) is 12.3. The SMILES string of the molecule is CON=C1C[C@@H](C)O[C@@H](O[C@@H]2[C@@H](C)[C@H](O[C@H]3CC(C)N(CC(C)(C)c4ccccc4)C[C@H](C)O3)[C@@H](C)C(=O)O[C@H]([C@@H](C)CO[C@@H]3O[C@H](C)[C@@H](O)[C@@H](OC)[C@H]3OC)[C@H](C)[C@@H](OC(=O)CC(C)C)[C@@H](C)C(=O)[C@@](C)(O)C[C@@H]2C)[C@@H]1O. The molecule has 0 radical (unpaired) electrons. The Morgan fingerprint density at radius 2 is 1.47 bits per heavy atom. The normalized spacial score (nSPS) is 40.2. The highest BCUT2D eigenvalue weighted by Gasteiger charge is 2.51. The van der Waals surface area contributed by atoms with E-state index in [0.29, 0.717) is 18.7 Å². The number of hydrogen-bond donors (Lipinski definition) is 3. The highest BCUT2D eigenvalue weighted by Crippen LogP contribution is 2.40. The summed E-state index contributed by atoms with van der Waals surface area (Å²) in [5.41, 5.74) is -0.704. The lowest BCUT2D eigenvalue weighted by atomic mass is 9.74. The summed E-state index contributed by atoms with van der Waals surface area (Å²) in [6.45, 7) is 29.3. The van der Waals surface area contributed by atoms with Gasteiger partial charge in [0.2, 0.25) is 0 Å². The zero-order valence-electron chi connectivity index (χ0n) is 50.0. The molecule has 19 nitrogen and oxygen atoms in total. The van der Waals surface area contributed by atoms with E-state index >= 15 is 9.59 Å². The molecular weight excluding hydrogens is 1010 g/mol. The Labute approximate surface area is 464 Å². The minimum Gasteiger partial charge on any atom is -0.461 e. The van der Waals surface area contributed by atoms with Crippen molar-refractivity contribution in [3.63, 3.8) is 0 Å². The minimum atomic E-state index is -2.03. The molecule has 0 aliphatic carbocycles. The smallest absolute Gasteiger partial charge is 0.311 e. The number of hydrogen-bond acceptors (Lipinski definition) is 19. The van der Waals surface area contributed by atoms with Crippen molar-refractivity contribution < 1.29 is 81.9 Å². The molecule has 446 valence electrons. The average Bonchev–Trinajstić information content (AvgIpc) is 3.56. The number of benzene rings is 1. The molecule has 78 heavy (non-hydrogen) atoms. The second-order valence-electron chi connectivity index (χ2n) is 24.6. The average molecular weight is 1110 g/mol. The molecule has 0 aromatic heterocycles. The van der Waals surface area contributed by atoms with Gasteiger partial charge < -0.3 is 67.5 Å². The van der Waals surface area contributed by atoms with E-state index in [1.807, 2.05) is 54.5 Å². The summed E-state index contributed by atoms with van der Waals surface area (Å²) in [4.78, 5) is 51.8. The Balaban J connectivity index is 1.62. The van der Waals surface area contributed by atoms with Crippen molar-refractivity contribution in [3.05, 3.63) is 35.9 Å². The quantitative estimate of drug-likeness (QED) is 0.110. The van der Waals surface area contributed by atoms with Gasteiger partial charge in [0.1, 0.15) is 49.3 Å². The van der Waals surface area contributed by atoms with Gasteiger partial charge in [-0.15, -0.1) is 0 Å². The Morgan fingerprint density at radius 3 is 2.09 bits per heavy atom. The van der Waals surface area contributed by atoms with Crippen LogP contribution < -0.4 is 0 Å². The summed E-state index contributed by atoms with van der Waals surface area (Å²) in [5.74, 6) is -6.99. The lowest BCUT2D eigenvalue weighted by Gasteiger charge is -2.44. The Bertz CT molecular complexity index is 2080. The van der Waals surface area contributed by atoms with Gasteiger partial charge in [0.15, 0.2) is 24.7 Å². The van der Waals surface area contributed by atoms with Crippen molar-refractivity contribution in [3.8, 4) is 0 Å². The summed E-state index contributed by atoms with van der Waals surface area (Å²) in [6, 6.07) is 10.4. The van der Waals surface area contributed by atoms with Crippen LogP contribution in [0.15, 0.2) is 35.5 Å². The molecule has 0 spiro atoms. The van der Waals surface area contributed by atoms with Crippen molar-refractivity contribution >= 4 is 23.4 Å². The van der Waals surface area contributed by atoms with Gasteiger partial charge in [0, 0.05) is 75.8 Å². The van der Waals surface area contributed by atoms with Crippen LogP contribution in [0.5, 0.6) is 0 Å². The number of esters is 2. The maximum absolute atomic E-state index is 15.4. The van der Waals surface area contributed by atoms with Gasteiger partial charge in [-0.3, -0.25) is 19.3 Å². The predicted molar refractivity (Wildman–Crippen MR) is 291 cm³/mol.